The minimum absolute atomic E-state index is 0.589. The van der Waals surface area contributed by atoms with Gasteiger partial charge < -0.3 is 10.8 Å². The number of rotatable bonds is 6. The van der Waals surface area contributed by atoms with Crippen LogP contribution in [0.4, 0.5) is 5.69 Å². The van der Waals surface area contributed by atoms with Crippen LogP contribution in [0, 0.1) is 0 Å². The van der Waals surface area contributed by atoms with Gasteiger partial charge in [0.05, 0.1) is 5.60 Å². The van der Waals surface area contributed by atoms with Crippen molar-refractivity contribution in [2.24, 2.45) is 0 Å². The average Bonchev–Trinajstić information content (AvgIpc) is 2.25. The van der Waals surface area contributed by atoms with Crippen molar-refractivity contribution in [2.45, 2.75) is 39.3 Å². The molecule has 0 radical (unpaired) electrons. The first-order valence-corrected chi connectivity index (χ1v) is 6.20. The summed E-state index contributed by atoms with van der Waals surface area (Å²) in [4.78, 5) is 2.32. The Balaban J connectivity index is 2.49. The van der Waals surface area contributed by atoms with Crippen molar-refractivity contribution in [3.05, 3.63) is 29.8 Å². The molecule has 0 saturated heterocycles. The lowest BCUT2D eigenvalue weighted by Crippen LogP contribution is -2.30. The Morgan fingerprint density at radius 1 is 1.24 bits per heavy atom. The number of hydrogen-bond acceptors (Lipinski definition) is 3. The standard InChI is InChI=1S/C14H24N2O/c1-4-16(10-9-14(2,3)17)11-12-5-7-13(15)8-6-12/h5-8,17H,4,9-11,15H2,1-3H3. The molecule has 96 valence electrons. The summed E-state index contributed by atoms with van der Waals surface area (Å²) in [6, 6.07) is 7.97. The molecule has 0 heterocycles. The lowest BCUT2D eigenvalue weighted by atomic mass is 10.1. The molecule has 3 N–H and O–H groups in total. The van der Waals surface area contributed by atoms with Crippen molar-refractivity contribution in [1.82, 2.24) is 4.90 Å². The summed E-state index contributed by atoms with van der Waals surface area (Å²) < 4.78 is 0. The van der Waals surface area contributed by atoms with Crippen molar-refractivity contribution in [3.8, 4) is 0 Å². The first-order chi connectivity index (χ1) is 7.90. The van der Waals surface area contributed by atoms with Gasteiger partial charge in [0.2, 0.25) is 0 Å². The van der Waals surface area contributed by atoms with Crippen LogP contribution in [0.3, 0.4) is 0 Å². The molecule has 0 aliphatic heterocycles. The van der Waals surface area contributed by atoms with Gasteiger partial charge in [0.25, 0.3) is 0 Å². The zero-order valence-corrected chi connectivity index (χ0v) is 11.1. The van der Waals surface area contributed by atoms with E-state index in [1.807, 2.05) is 26.0 Å². The van der Waals surface area contributed by atoms with Crippen molar-refractivity contribution in [3.63, 3.8) is 0 Å². The lowest BCUT2D eigenvalue weighted by Gasteiger charge is -2.25. The fourth-order valence-corrected chi connectivity index (χ4v) is 1.66. The van der Waals surface area contributed by atoms with Crippen LogP contribution in [-0.4, -0.2) is 28.7 Å². The Kier molecular flexibility index (Phi) is 4.97. The van der Waals surface area contributed by atoms with Crippen LogP contribution in [0.1, 0.15) is 32.8 Å². The second kappa shape index (κ2) is 6.03. The first kappa shape index (κ1) is 14.0. The van der Waals surface area contributed by atoms with Crippen molar-refractivity contribution >= 4 is 5.69 Å². The van der Waals surface area contributed by atoms with E-state index in [0.29, 0.717) is 0 Å². The molecule has 0 aliphatic rings. The molecule has 0 aromatic heterocycles. The smallest absolute Gasteiger partial charge is 0.0603 e. The summed E-state index contributed by atoms with van der Waals surface area (Å²) in [6.45, 7) is 8.65. The van der Waals surface area contributed by atoms with E-state index in [9.17, 15) is 5.11 Å². The van der Waals surface area contributed by atoms with Crippen LogP contribution in [0.5, 0.6) is 0 Å². The summed E-state index contributed by atoms with van der Waals surface area (Å²) in [5.41, 5.74) is 7.13. The van der Waals surface area contributed by atoms with E-state index in [2.05, 4.69) is 24.0 Å². The molecule has 0 spiro atoms. The number of hydrogen-bond donors (Lipinski definition) is 2. The summed E-state index contributed by atoms with van der Waals surface area (Å²) in [5, 5.41) is 9.72. The fraction of sp³-hybridized carbons (Fsp3) is 0.571. The van der Waals surface area contributed by atoms with Gasteiger partial charge in [0, 0.05) is 18.8 Å². The van der Waals surface area contributed by atoms with Crippen LogP contribution in [0.25, 0.3) is 0 Å². The molecule has 0 fully saturated rings. The lowest BCUT2D eigenvalue weighted by molar-refractivity contribution is 0.0573. The zero-order valence-electron chi connectivity index (χ0n) is 11.1. The minimum Gasteiger partial charge on any atom is -0.399 e. The van der Waals surface area contributed by atoms with Gasteiger partial charge >= 0.3 is 0 Å². The molecule has 0 atom stereocenters. The quantitative estimate of drug-likeness (QED) is 0.745. The highest BCUT2D eigenvalue weighted by Crippen LogP contribution is 2.12. The summed E-state index contributed by atoms with van der Waals surface area (Å²) in [5.74, 6) is 0. The maximum absolute atomic E-state index is 9.72. The van der Waals surface area contributed by atoms with Gasteiger partial charge in [-0.15, -0.1) is 0 Å². The SMILES string of the molecule is CCN(CCC(C)(C)O)Cc1ccc(N)cc1. The van der Waals surface area contributed by atoms with Crippen LogP contribution in [-0.2, 0) is 6.54 Å². The Bertz CT molecular complexity index is 327. The molecule has 0 bridgehead atoms. The second-order valence-electron chi connectivity index (χ2n) is 5.17. The molecule has 0 aliphatic carbocycles. The van der Waals surface area contributed by atoms with Crippen molar-refractivity contribution in [2.75, 3.05) is 18.8 Å². The highest BCUT2D eigenvalue weighted by molar-refractivity contribution is 5.39. The number of anilines is 1. The van der Waals surface area contributed by atoms with Crippen LogP contribution in [0.15, 0.2) is 24.3 Å². The van der Waals surface area contributed by atoms with Crippen LogP contribution >= 0.6 is 0 Å². The fourth-order valence-electron chi connectivity index (χ4n) is 1.66. The molecular formula is C14H24N2O. The van der Waals surface area contributed by atoms with Gasteiger partial charge in [0.1, 0.15) is 0 Å². The number of nitrogen functional groups attached to an aromatic ring is 1. The van der Waals surface area contributed by atoms with Gasteiger partial charge in [-0.05, 0) is 44.5 Å². The van der Waals surface area contributed by atoms with E-state index in [0.717, 1.165) is 31.7 Å². The van der Waals surface area contributed by atoms with Gasteiger partial charge in [-0.25, -0.2) is 0 Å². The van der Waals surface area contributed by atoms with Crippen molar-refractivity contribution in [1.29, 1.82) is 0 Å². The molecule has 3 heteroatoms. The predicted octanol–water partition coefficient (Wildman–Crippen LogP) is 2.25. The third kappa shape index (κ3) is 5.71. The normalized spacial score (nSPS) is 12.1. The molecule has 0 saturated carbocycles. The van der Waals surface area contributed by atoms with Gasteiger partial charge in [0.15, 0.2) is 0 Å². The monoisotopic (exact) mass is 236 g/mol. The number of nitrogens with zero attached hydrogens (tertiary/aromatic N) is 1. The van der Waals surface area contributed by atoms with E-state index in [1.165, 1.54) is 5.56 Å². The Morgan fingerprint density at radius 2 is 1.82 bits per heavy atom. The molecule has 0 unspecified atom stereocenters. The molecule has 1 aromatic rings. The summed E-state index contributed by atoms with van der Waals surface area (Å²) in [7, 11) is 0. The van der Waals surface area contributed by atoms with E-state index in [4.69, 9.17) is 5.73 Å². The maximum Gasteiger partial charge on any atom is 0.0603 e. The topological polar surface area (TPSA) is 49.5 Å². The van der Waals surface area contributed by atoms with E-state index in [1.54, 1.807) is 0 Å². The molecular weight excluding hydrogens is 212 g/mol. The Labute approximate surface area is 104 Å². The number of nitrogens with two attached hydrogens (primary N) is 1. The van der Waals surface area contributed by atoms with Gasteiger partial charge in [-0.1, -0.05) is 19.1 Å². The Morgan fingerprint density at radius 3 is 2.29 bits per heavy atom. The van der Waals surface area contributed by atoms with E-state index >= 15 is 0 Å². The van der Waals surface area contributed by atoms with Crippen LogP contribution < -0.4 is 5.73 Å². The summed E-state index contributed by atoms with van der Waals surface area (Å²) in [6.07, 6.45) is 0.788. The third-order valence-corrected chi connectivity index (χ3v) is 2.87. The highest BCUT2D eigenvalue weighted by Gasteiger charge is 2.14. The third-order valence-electron chi connectivity index (χ3n) is 2.87. The Hall–Kier alpha value is -1.06. The van der Waals surface area contributed by atoms with Gasteiger partial charge in [-0.2, -0.15) is 0 Å². The zero-order chi connectivity index (χ0) is 12.9. The second-order valence-corrected chi connectivity index (χ2v) is 5.17. The largest absolute Gasteiger partial charge is 0.399 e. The molecule has 17 heavy (non-hydrogen) atoms. The predicted molar refractivity (Wildman–Crippen MR) is 72.7 cm³/mol. The molecule has 1 rings (SSSR count). The summed E-state index contributed by atoms with van der Waals surface area (Å²) >= 11 is 0. The highest BCUT2D eigenvalue weighted by atomic mass is 16.3. The van der Waals surface area contributed by atoms with Gasteiger partial charge in [-0.3, -0.25) is 4.90 Å². The van der Waals surface area contributed by atoms with E-state index in [-0.39, 0.29) is 0 Å². The number of benzene rings is 1. The van der Waals surface area contributed by atoms with Crippen molar-refractivity contribution < 1.29 is 5.11 Å². The first-order valence-electron chi connectivity index (χ1n) is 6.20. The molecule has 1 aromatic carbocycles. The maximum atomic E-state index is 9.72. The number of aliphatic hydroxyl groups is 1. The average molecular weight is 236 g/mol. The van der Waals surface area contributed by atoms with E-state index < -0.39 is 5.60 Å². The van der Waals surface area contributed by atoms with Crippen LogP contribution in [0.2, 0.25) is 0 Å². The minimum atomic E-state index is -0.589. The molecule has 3 nitrogen and oxygen atoms in total. The molecule has 0 amide bonds.